The van der Waals surface area contributed by atoms with Crippen LogP contribution in [-0.2, 0) is 4.79 Å². The normalized spacial score (nSPS) is 16.0. The number of rotatable bonds is 4. The van der Waals surface area contributed by atoms with Gasteiger partial charge in [-0.2, -0.15) is 0 Å². The van der Waals surface area contributed by atoms with Crippen LogP contribution in [0.25, 0.3) is 0 Å². The number of benzene rings is 1. The Balaban J connectivity index is 2.45. The van der Waals surface area contributed by atoms with E-state index in [9.17, 15) is 9.59 Å². The fraction of sp³-hybridized carbons (Fsp3) is 0.429. The molecule has 108 valence electrons. The third-order valence-corrected chi connectivity index (χ3v) is 5.02. The van der Waals surface area contributed by atoms with Crippen molar-refractivity contribution in [3.8, 4) is 0 Å². The highest BCUT2D eigenvalue weighted by Crippen LogP contribution is 2.40. The molecule has 1 atom stereocenters. The van der Waals surface area contributed by atoms with Gasteiger partial charge in [-0.25, -0.2) is 0 Å². The SMILES string of the molecule is CC(C)C(CBr)CN1C(=O)C(=O)c2c(Cl)ccc(Cl)c21. The third kappa shape index (κ3) is 2.61. The van der Waals surface area contributed by atoms with E-state index in [1.807, 2.05) is 0 Å². The van der Waals surface area contributed by atoms with Gasteiger partial charge < -0.3 is 4.90 Å². The highest BCUT2D eigenvalue weighted by Gasteiger charge is 2.40. The molecule has 0 aromatic heterocycles. The Bertz CT molecular complexity index is 575. The van der Waals surface area contributed by atoms with Crippen LogP contribution in [0.1, 0.15) is 24.2 Å². The van der Waals surface area contributed by atoms with Gasteiger partial charge in [0.05, 0.1) is 21.3 Å². The number of carbonyl (C=O) groups is 2. The molecule has 0 N–H and O–H groups in total. The molecule has 1 aromatic rings. The van der Waals surface area contributed by atoms with Crippen LogP contribution in [0.3, 0.4) is 0 Å². The van der Waals surface area contributed by atoms with E-state index >= 15 is 0 Å². The van der Waals surface area contributed by atoms with Gasteiger partial charge in [0.25, 0.3) is 11.7 Å². The molecule has 20 heavy (non-hydrogen) atoms. The maximum absolute atomic E-state index is 12.2. The number of hydrogen-bond acceptors (Lipinski definition) is 2. The summed E-state index contributed by atoms with van der Waals surface area (Å²) < 4.78 is 0. The number of nitrogens with zero attached hydrogens (tertiary/aromatic N) is 1. The van der Waals surface area contributed by atoms with Crippen LogP contribution in [0, 0.1) is 11.8 Å². The Kier molecular flexibility index (Phi) is 4.77. The van der Waals surface area contributed by atoms with Crippen LogP contribution < -0.4 is 4.90 Å². The summed E-state index contributed by atoms with van der Waals surface area (Å²) in [4.78, 5) is 25.7. The number of Topliss-reactive ketones (excluding diaryl/α,β-unsaturated/α-hetero) is 1. The molecule has 3 nitrogen and oxygen atoms in total. The standard InChI is InChI=1S/C14H14BrCl2NO2/c1-7(2)8(5-15)6-18-12-10(17)4-3-9(16)11(12)13(19)14(18)20/h3-4,7-8H,5-6H2,1-2H3. The van der Waals surface area contributed by atoms with Gasteiger partial charge in [-0.3, -0.25) is 9.59 Å². The molecule has 0 fully saturated rings. The van der Waals surface area contributed by atoms with E-state index in [1.54, 1.807) is 12.1 Å². The lowest BCUT2D eigenvalue weighted by molar-refractivity contribution is -0.114. The molecule has 0 saturated carbocycles. The lowest BCUT2D eigenvalue weighted by atomic mass is 9.97. The largest absolute Gasteiger partial charge is 0.303 e. The summed E-state index contributed by atoms with van der Waals surface area (Å²) >= 11 is 15.6. The van der Waals surface area contributed by atoms with Crippen molar-refractivity contribution in [1.29, 1.82) is 0 Å². The second-order valence-electron chi connectivity index (χ2n) is 5.16. The maximum Gasteiger partial charge on any atom is 0.299 e. The second kappa shape index (κ2) is 6.04. The monoisotopic (exact) mass is 377 g/mol. The average Bonchev–Trinajstić information content (AvgIpc) is 2.65. The summed E-state index contributed by atoms with van der Waals surface area (Å²) in [6, 6.07) is 3.15. The number of halogens is 3. The van der Waals surface area contributed by atoms with Crippen LogP contribution in [0.2, 0.25) is 10.0 Å². The van der Waals surface area contributed by atoms with Crippen molar-refractivity contribution in [2.24, 2.45) is 11.8 Å². The van der Waals surface area contributed by atoms with Crippen molar-refractivity contribution < 1.29 is 9.59 Å². The minimum atomic E-state index is -0.579. The molecule has 0 bridgehead atoms. The highest BCUT2D eigenvalue weighted by molar-refractivity contribution is 9.09. The summed E-state index contributed by atoms with van der Waals surface area (Å²) in [5.74, 6) is -0.529. The maximum atomic E-state index is 12.2. The van der Waals surface area contributed by atoms with Crippen LogP contribution in [0.4, 0.5) is 5.69 Å². The molecule has 0 aliphatic carbocycles. The zero-order valence-electron chi connectivity index (χ0n) is 11.1. The fourth-order valence-corrected chi connectivity index (χ4v) is 3.65. The summed E-state index contributed by atoms with van der Waals surface area (Å²) in [6.45, 7) is 4.60. The van der Waals surface area contributed by atoms with Crippen molar-refractivity contribution in [2.75, 3.05) is 16.8 Å². The van der Waals surface area contributed by atoms with Gasteiger partial charge in [-0.1, -0.05) is 53.0 Å². The Morgan fingerprint density at radius 1 is 1.20 bits per heavy atom. The molecule has 1 amide bonds. The van der Waals surface area contributed by atoms with Crippen LogP contribution in [0.5, 0.6) is 0 Å². The number of ketones is 1. The minimum absolute atomic E-state index is 0.223. The first-order valence-electron chi connectivity index (χ1n) is 6.28. The van der Waals surface area contributed by atoms with Crippen LogP contribution in [0.15, 0.2) is 12.1 Å². The number of fused-ring (bicyclic) bond motifs is 1. The quantitative estimate of drug-likeness (QED) is 0.581. The van der Waals surface area contributed by atoms with E-state index in [-0.39, 0.29) is 16.5 Å². The third-order valence-electron chi connectivity index (χ3n) is 3.57. The fourth-order valence-electron chi connectivity index (χ4n) is 2.20. The Morgan fingerprint density at radius 2 is 1.80 bits per heavy atom. The van der Waals surface area contributed by atoms with Crippen molar-refractivity contribution in [3.05, 3.63) is 27.7 Å². The summed E-state index contributed by atoms with van der Waals surface area (Å²) in [7, 11) is 0. The number of amides is 1. The van der Waals surface area contributed by atoms with Crippen molar-refractivity contribution >= 4 is 56.5 Å². The molecule has 1 heterocycles. The predicted molar refractivity (Wildman–Crippen MR) is 85.3 cm³/mol. The molecular formula is C14H14BrCl2NO2. The zero-order valence-corrected chi connectivity index (χ0v) is 14.2. The molecule has 1 unspecified atom stereocenters. The molecule has 1 aliphatic heterocycles. The molecule has 6 heteroatoms. The number of alkyl halides is 1. The van der Waals surface area contributed by atoms with Gasteiger partial charge in [-0.15, -0.1) is 0 Å². The van der Waals surface area contributed by atoms with Crippen molar-refractivity contribution in [2.45, 2.75) is 13.8 Å². The molecule has 1 aliphatic rings. The lowest BCUT2D eigenvalue weighted by Gasteiger charge is -2.25. The number of anilines is 1. The number of carbonyl (C=O) groups excluding carboxylic acids is 2. The highest BCUT2D eigenvalue weighted by atomic mass is 79.9. The first-order valence-corrected chi connectivity index (χ1v) is 8.16. The summed E-state index contributed by atoms with van der Waals surface area (Å²) in [6.07, 6.45) is 0. The topological polar surface area (TPSA) is 37.4 Å². The minimum Gasteiger partial charge on any atom is -0.303 e. The van der Waals surface area contributed by atoms with E-state index in [1.165, 1.54) is 4.90 Å². The Morgan fingerprint density at radius 3 is 2.35 bits per heavy atom. The summed E-state index contributed by atoms with van der Waals surface area (Å²) in [5, 5.41) is 1.39. The van der Waals surface area contributed by atoms with Crippen molar-refractivity contribution in [1.82, 2.24) is 0 Å². The van der Waals surface area contributed by atoms with Crippen LogP contribution in [-0.4, -0.2) is 23.6 Å². The van der Waals surface area contributed by atoms with Gasteiger partial charge in [0.15, 0.2) is 0 Å². The molecule has 0 spiro atoms. The van der Waals surface area contributed by atoms with E-state index in [4.69, 9.17) is 23.2 Å². The Labute approximate surface area is 136 Å². The van der Waals surface area contributed by atoms with Crippen molar-refractivity contribution in [3.63, 3.8) is 0 Å². The lowest BCUT2D eigenvalue weighted by Crippen LogP contribution is -2.36. The number of hydrogen-bond donors (Lipinski definition) is 0. The molecule has 0 saturated heterocycles. The second-order valence-corrected chi connectivity index (χ2v) is 6.62. The van der Waals surface area contributed by atoms with Crippen LogP contribution >= 0.6 is 39.1 Å². The van der Waals surface area contributed by atoms with E-state index < -0.39 is 11.7 Å². The first-order chi connectivity index (χ1) is 9.38. The van der Waals surface area contributed by atoms with Gasteiger partial charge in [0.2, 0.25) is 0 Å². The molecular weight excluding hydrogens is 365 g/mol. The Hall–Kier alpha value is -0.580. The smallest absolute Gasteiger partial charge is 0.299 e. The van der Waals surface area contributed by atoms with Gasteiger partial charge in [0.1, 0.15) is 0 Å². The predicted octanol–water partition coefficient (Wildman–Crippen LogP) is 4.19. The van der Waals surface area contributed by atoms with E-state index in [0.717, 1.165) is 5.33 Å². The first kappa shape index (κ1) is 15.8. The van der Waals surface area contributed by atoms with Gasteiger partial charge in [0, 0.05) is 11.9 Å². The van der Waals surface area contributed by atoms with E-state index in [2.05, 4.69) is 29.8 Å². The van der Waals surface area contributed by atoms with E-state index in [0.29, 0.717) is 23.2 Å². The molecule has 0 radical (unpaired) electrons. The zero-order chi connectivity index (χ0) is 15.0. The average molecular weight is 379 g/mol. The summed E-state index contributed by atoms with van der Waals surface area (Å²) in [5.41, 5.74) is 0.669. The van der Waals surface area contributed by atoms with Gasteiger partial charge in [-0.05, 0) is 24.0 Å². The molecule has 1 aromatic carbocycles. The molecule has 2 rings (SSSR count). The van der Waals surface area contributed by atoms with Gasteiger partial charge >= 0.3 is 0 Å².